The van der Waals surface area contributed by atoms with Crippen LogP contribution in [-0.2, 0) is 15.8 Å². The summed E-state index contributed by atoms with van der Waals surface area (Å²) in [6.07, 6.45) is -0.593. The molecule has 0 aliphatic carbocycles. The molecule has 0 saturated carbocycles. The number of rotatable bonds is 11. The summed E-state index contributed by atoms with van der Waals surface area (Å²) < 4.78 is 116. The van der Waals surface area contributed by atoms with E-state index in [1.165, 1.54) is 30.6 Å². The van der Waals surface area contributed by atoms with Gasteiger partial charge in [-0.05, 0) is 42.6 Å². The standard InChI is InChI=1S/C29H26F6N6O3S/c30-19-10-17(12-36-14-19)13-39-29-38-9-7-22(40-29)20-2-1-8-37-28(20)44-23-11-21(31)26(25(33)24(23)32)41-45(42,43)15-16-3-5-18(6-4-16)27(34)35/h1-9,11,17,19,27,36,41H,10,12-15H2,(H,38,39,40)/t17?,19-/m0/s1. The van der Waals surface area contributed by atoms with E-state index in [1.807, 2.05) is 0 Å². The lowest BCUT2D eigenvalue weighted by Crippen LogP contribution is -2.40. The fourth-order valence-electron chi connectivity index (χ4n) is 4.64. The third-order valence-electron chi connectivity index (χ3n) is 6.82. The molecular formula is C29H26F6N6O3S. The van der Waals surface area contributed by atoms with Gasteiger partial charge in [0.2, 0.25) is 27.7 Å². The Morgan fingerprint density at radius 1 is 1.00 bits per heavy atom. The molecule has 16 heteroatoms. The lowest BCUT2D eigenvalue weighted by molar-refractivity contribution is 0.151. The number of halogens is 6. The van der Waals surface area contributed by atoms with Gasteiger partial charge >= 0.3 is 0 Å². The number of sulfonamides is 1. The molecule has 1 aliphatic rings. The number of nitrogens with zero attached hydrogens (tertiary/aromatic N) is 3. The second kappa shape index (κ2) is 13.7. The molecular weight excluding hydrogens is 626 g/mol. The number of ether oxygens (including phenoxy) is 1. The Bertz CT molecular complexity index is 1760. The van der Waals surface area contributed by atoms with Gasteiger partial charge in [0.1, 0.15) is 11.9 Å². The summed E-state index contributed by atoms with van der Waals surface area (Å²) >= 11 is 0. The first-order chi connectivity index (χ1) is 21.5. The minimum Gasteiger partial charge on any atom is -0.435 e. The lowest BCUT2D eigenvalue weighted by Gasteiger charge is -2.25. The van der Waals surface area contributed by atoms with Gasteiger partial charge in [0.05, 0.1) is 17.0 Å². The van der Waals surface area contributed by atoms with Crippen molar-refractivity contribution in [2.75, 3.05) is 29.7 Å². The van der Waals surface area contributed by atoms with E-state index in [0.717, 1.165) is 24.3 Å². The fraction of sp³-hybridized carbons (Fsp3) is 0.276. The molecule has 4 aromatic rings. The minimum atomic E-state index is -4.50. The summed E-state index contributed by atoms with van der Waals surface area (Å²) in [6, 6.07) is 9.30. The summed E-state index contributed by atoms with van der Waals surface area (Å²) in [7, 11) is -4.50. The first-order valence-electron chi connectivity index (χ1n) is 13.6. The Balaban J connectivity index is 1.33. The number of anilines is 2. The van der Waals surface area contributed by atoms with Crippen LogP contribution in [0.1, 0.15) is 24.0 Å². The van der Waals surface area contributed by atoms with E-state index in [0.29, 0.717) is 32.1 Å². The van der Waals surface area contributed by atoms with Gasteiger partial charge in [-0.2, -0.15) is 4.39 Å². The molecule has 2 atom stereocenters. The van der Waals surface area contributed by atoms with E-state index >= 15 is 4.39 Å². The highest BCUT2D eigenvalue weighted by molar-refractivity contribution is 7.91. The Morgan fingerprint density at radius 3 is 2.51 bits per heavy atom. The molecule has 0 spiro atoms. The van der Waals surface area contributed by atoms with Gasteiger partial charge in [-0.1, -0.05) is 24.3 Å². The van der Waals surface area contributed by atoms with Crippen molar-refractivity contribution in [1.29, 1.82) is 0 Å². The molecule has 0 radical (unpaired) electrons. The molecule has 1 aliphatic heterocycles. The normalized spacial score (nSPS) is 16.9. The Kier molecular flexibility index (Phi) is 9.72. The highest BCUT2D eigenvalue weighted by atomic mass is 32.2. The maximum Gasteiger partial charge on any atom is 0.263 e. The lowest BCUT2D eigenvalue weighted by atomic mass is 9.98. The zero-order valence-corrected chi connectivity index (χ0v) is 24.1. The van der Waals surface area contributed by atoms with Crippen LogP contribution in [0.15, 0.2) is 60.9 Å². The molecule has 3 N–H and O–H groups in total. The van der Waals surface area contributed by atoms with Gasteiger partial charge < -0.3 is 15.4 Å². The number of nitrogens with one attached hydrogen (secondary N) is 3. The number of alkyl halides is 3. The molecule has 1 fully saturated rings. The van der Waals surface area contributed by atoms with E-state index in [2.05, 4.69) is 25.6 Å². The van der Waals surface area contributed by atoms with E-state index in [1.54, 1.807) is 4.72 Å². The molecule has 2 aromatic heterocycles. The van der Waals surface area contributed by atoms with Crippen LogP contribution in [0.5, 0.6) is 11.6 Å². The maximum atomic E-state index is 15.1. The summed E-state index contributed by atoms with van der Waals surface area (Å²) in [5, 5.41) is 6.06. The quantitative estimate of drug-likeness (QED) is 0.134. The highest BCUT2D eigenvalue weighted by Crippen LogP contribution is 2.36. The molecule has 1 saturated heterocycles. The summed E-state index contributed by atoms with van der Waals surface area (Å²) in [4.78, 5) is 12.6. The molecule has 9 nitrogen and oxygen atoms in total. The summed E-state index contributed by atoms with van der Waals surface area (Å²) in [5.74, 6) is -6.85. The van der Waals surface area contributed by atoms with Gasteiger partial charge in [0.25, 0.3) is 6.43 Å². The van der Waals surface area contributed by atoms with Crippen molar-refractivity contribution < 1.29 is 39.5 Å². The van der Waals surface area contributed by atoms with Crippen LogP contribution >= 0.6 is 0 Å². The second-order valence-electron chi connectivity index (χ2n) is 10.2. The van der Waals surface area contributed by atoms with Crippen LogP contribution in [0.3, 0.4) is 0 Å². The van der Waals surface area contributed by atoms with Crippen molar-refractivity contribution in [2.24, 2.45) is 5.92 Å². The number of aromatic nitrogens is 3. The van der Waals surface area contributed by atoms with Crippen LogP contribution in [0.4, 0.5) is 38.0 Å². The van der Waals surface area contributed by atoms with Gasteiger partial charge in [0, 0.05) is 37.1 Å². The number of hydrogen-bond donors (Lipinski definition) is 3. The zero-order valence-electron chi connectivity index (χ0n) is 23.3. The van der Waals surface area contributed by atoms with Gasteiger partial charge in [-0.3, -0.25) is 4.72 Å². The molecule has 2 aromatic carbocycles. The molecule has 0 bridgehead atoms. The van der Waals surface area contributed by atoms with Gasteiger partial charge in [-0.25, -0.2) is 45.3 Å². The van der Waals surface area contributed by atoms with E-state index in [-0.39, 0.29) is 40.1 Å². The van der Waals surface area contributed by atoms with Crippen LogP contribution in [-0.4, -0.2) is 49.2 Å². The van der Waals surface area contributed by atoms with Crippen LogP contribution < -0.4 is 20.1 Å². The van der Waals surface area contributed by atoms with Crippen LogP contribution in [0.2, 0.25) is 0 Å². The van der Waals surface area contributed by atoms with Crippen molar-refractivity contribution in [1.82, 2.24) is 20.3 Å². The fourth-order valence-corrected chi connectivity index (χ4v) is 5.84. The third kappa shape index (κ3) is 7.99. The van der Waals surface area contributed by atoms with E-state index < -0.39 is 57.3 Å². The molecule has 3 heterocycles. The number of pyridine rings is 1. The van der Waals surface area contributed by atoms with Crippen molar-refractivity contribution >= 4 is 21.7 Å². The predicted molar refractivity (Wildman–Crippen MR) is 154 cm³/mol. The van der Waals surface area contributed by atoms with Gasteiger partial charge in [0.15, 0.2) is 17.4 Å². The molecule has 1 unspecified atom stereocenters. The number of piperidine rings is 1. The summed E-state index contributed by atoms with van der Waals surface area (Å²) in [5.41, 5.74) is -1.08. The second-order valence-corrected chi connectivity index (χ2v) is 11.9. The minimum absolute atomic E-state index is 0.0120. The third-order valence-corrected chi connectivity index (χ3v) is 8.05. The monoisotopic (exact) mass is 652 g/mol. The van der Waals surface area contributed by atoms with Crippen molar-refractivity contribution in [3.63, 3.8) is 0 Å². The van der Waals surface area contributed by atoms with Crippen LogP contribution in [0.25, 0.3) is 11.3 Å². The number of hydrogen-bond acceptors (Lipinski definition) is 8. The first-order valence-corrected chi connectivity index (χ1v) is 15.2. The first kappa shape index (κ1) is 32.0. The maximum absolute atomic E-state index is 15.1. The van der Waals surface area contributed by atoms with E-state index in [9.17, 15) is 30.4 Å². The molecule has 238 valence electrons. The average Bonchev–Trinajstić information content (AvgIpc) is 3.01. The predicted octanol–water partition coefficient (Wildman–Crippen LogP) is 5.99. The molecule has 0 amide bonds. The smallest absolute Gasteiger partial charge is 0.263 e. The van der Waals surface area contributed by atoms with Crippen molar-refractivity contribution in [3.05, 3.63) is 89.5 Å². The Labute approximate surface area is 254 Å². The molecule has 5 rings (SSSR count). The SMILES string of the molecule is O=S(=O)(Cc1ccc(C(F)F)cc1)Nc1c(F)cc(Oc2ncccc2-c2ccnc(NCC3CNC[C@@H](F)C3)n2)c(F)c1F. The Morgan fingerprint density at radius 2 is 1.78 bits per heavy atom. The van der Waals surface area contributed by atoms with E-state index in [4.69, 9.17) is 4.74 Å². The zero-order chi connectivity index (χ0) is 32.1. The van der Waals surface area contributed by atoms with Crippen molar-refractivity contribution in [3.8, 4) is 22.9 Å². The number of benzene rings is 2. The largest absolute Gasteiger partial charge is 0.435 e. The topological polar surface area (TPSA) is 118 Å². The Hall–Kier alpha value is -4.44. The highest BCUT2D eigenvalue weighted by Gasteiger charge is 2.26. The average molecular weight is 653 g/mol. The van der Waals surface area contributed by atoms with Crippen molar-refractivity contribution in [2.45, 2.75) is 24.8 Å². The van der Waals surface area contributed by atoms with Crippen LogP contribution in [0, 0.1) is 23.4 Å². The molecule has 45 heavy (non-hydrogen) atoms. The van der Waals surface area contributed by atoms with Gasteiger partial charge in [-0.15, -0.1) is 0 Å². The summed E-state index contributed by atoms with van der Waals surface area (Å²) in [6.45, 7) is 1.34.